The molecule has 1 atom stereocenters. The first-order chi connectivity index (χ1) is 37.5. The Morgan fingerprint density at radius 2 is 0.513 bits per heavy atom. The van der Waals surface area contributed by atoms with Crippen molar-refractivity contribution in [2.45, 2.75) is 329 Å². The van der Waals surface area contributed by atoms with Crippen molar-refractivity contribution in [3.8, 4) is 0 Å². The Labute approximate surface area is 471 Å². The van der Waals surface area contributed by atoms with Gasteiger partial charge in [-0.3, -0.25) is 14.4 Å². The molecule has 6 heteroatoms. The molecule has 0 N–H and O–H groups in total. The van der Waals surface area contributed by atoms with E-state index in [1.165, 1.54) is 173 Å². The zero-order chi connectivity index (χ0) is 55.0. The minimum absolute atomic E-state index is 0.0827. The Balaban J connectivity index is 4.40. The van der Waals surface area contributed by atoms with E-state index in [0.29, 0.717) is 19.3 Å². The summed E-state index contributed by atoms with van der Waals surface area (Å²) in [7, 11) is 0. The summed E-state index contributed by atoms with van der Waals surface area (Å²) in [6.07, 6.45) is 84.4. The van der Waals surface area contributed by atoms with Crippen LogP contribution in [-0.4, -0.2) is 37.2 Å². The van der Waals surface area contributed by atoms with Crippen molar-refractivity contribution in [2.75, 3.05) is 13.2 Å². The van der Waals surface area contributed by atoms with E-state index >= 15 is 0 Å². The quantitative estimate of drug-likeness (QED) is 0.0261. The highest BCUT2D eigenvalue weighted by atomic mass is 16.6. The average Bonchev–Trinajstić information content (AvgIpc) is 3.42. The van der Waals surface area contributed by atoms with Gasteiger partial charge in [0, 0.05) is 19.3 Å². The number of carbonyl (C=O) groups excluding carboxylic acids is 3. The van der Waals surface area contributed by atoms with Crippen LogP contribution in [0.3, 0.4) is 0 Å². The molecule has 0 aromatic heterocycles. The lowest BCUT2D eigenvalue weighted by molar-refractivity contribution is -0.167. The van der Waals surface area contributed by atoms with E-state index in [9.17, 15) is 14.4 Å². The Hall–Kier alpha value is -3.41. The van der Waals surface area contributed by atoms with Gasteiger partial charge in [0.05, 0.1) is 0 Å². The topological polar surface area (TPSA) is 78.9 Å². The molecular weight excluding hydrogens is 937 g/mol. The molecule has 0 bridgehead atoms. The lowest BCUT2D eigenvalue weighted by Gasteiger charge is -2.18. The average molecular weight is 1060 g/mol. The van der Waals surface area contributed by atoms with Crippen LogP contribution in [0.15, 0.2) is 85.1 Å². The number of allylic oxidation sites excluding steroid dienone is 14. The van der Waals surface area contributed by atoms with Crippen LogP contribution in [0, 0.1) is 0 Å². The van der Waals surface area contributed by atoms with Crippen molar-refractivity contribution in [2.24, 2.45) is 0 Å². The van der Waals surface area contributed by atoms with E-state index in [0.717, 1.165) is 109 Å². The third-order valence-corrected chi connectivity index (χ3v) is 14.2. The normalized spacial score (nSPS) is 12.6. The fourth-order valence-electron chi connectivity index (χ4n) is 9.31. The molecule has 0 aliphatic heterocycles. The third kappa shape index (κ3) is 61.4. The lowest BCUT2D eigenvalue weighted by atomic mass is 10.0. The molecule has 0 aliphatic carbocycles. The van der Waals surface area contributed by atoms with E-state index in [1.807, 2.05) is 0 Å². The van der Waals surface area contributed by atoms with Crippen LogP contribution in [-0.2, 0) is 28.6 Å². The van der Waals surface area contributed by atoms with Gasteiger partial charge in [-0.2, -0.15) is 0 Å². The molecule has 0 heterocycles. The highest BCUT2D eigenvalue weighted by Gasteiger charge is 2.19. The van der Waals surface area contributed by atoms with Crippen LogP contribution in [0.25, 0.3) is 0 Å². The Morgan fingerprint density at radius 3 is 0.803 bits per heavy atom. The highest BCUT2D eigenvalue weighted by Crippen LogP contribution is 2.17. The molecule has 0 fully saturated rings. The van der Waals surface area contributed by atoms with Gasteiger partial charge < -0.3 is 14.2 Å². The SMILES string of the molecule is CC/C=C\C/C=C\C/C=C\C/C=C\C/C=C\C/C=C\C/C=C\CCCCCC(=O)OCC(COC(=O)CCCCCCCCCCCCCCCCCC)OC(=O)CCCCCCCCCCCCCCCCCCC. The summed E-state index contributed by atoms with van der Waals surface area (Å²) < 4.78 is 16.9. The second kappa shape index (κ2) is 64.1. The summed E-state index contributed by atoms with van der Waals surface area (Å²) in [4.78, 5) is 38.3. The maximum absolute atomic E-state index is 12.9. The second-order valence-electron chi connectivity index (χ2n) is 21.7. The number of ether oxygens (including phenoxy) is 3. The molecule has 0 amide bonds. The zero-order valence-corrected chi connectivity index (χ0v) is 50.3. The Kier molecular flexibility index (Phi) is 61.2. The molecule has 0 saturated carbocycles. The van der Waals surface area contributed by atoms with Gasteiger partial charge in [-0.05, 0) is 77.0 Å². The smallest absolute Gasteiger partial charge is 0.306 e. The van der Waals surface area contributed by atoms with Crippen LogP contribution in [0.1, 0.15) is 323 Å². The van der Waals surface area contributed by atoms with E-state index in [1.54, 1.807) is 0 Å². The lowest BCUT2D eigenvalue weighted by Crippen LogP contribution is -2.30. The van der Waals surface area contributed by atoms with Crippen LogP contribution in [0.2, 0.25) is 0 Å². The molecule has 1 unspecified atom stereocenters. The van der Waals surface area contributed by atoms with Crippen molar-refractivity contribution in [3.05, 3.63) is 85.1 Å². The maximum atomic E-state index is 12.9. The van der Waals surface area contributed by atoms with E-state index in [4.69, 9.17) is 14.2 Å². The zero-order valence-electron chi connectivity index (χ0n) is 50.3. The molecule has 0 aliphatic rings. The number of unbranched alkanes of at least 4 members (excludes halogenated alkanes) is 34. The highest BCUT2D eigenvalue weighted by molar-refractivity contribution is 5.71. The van der Waals surface area contributed by atoms with E-state index in [2.05, 4.69) is 106 Å². The van der Waals surface area contributed by atoms with Gasteiger partial charge in [0.15, 0.2) is 6.10 Å². The van der Waals surface area contributed by atoms with Crippen LogP contribution < -0.4 is 0 Å². The molecule has 0 spiro atoms. The summed E-state index contributed by atoms with van der Waals surface area (Å²) in [5, 5.41) is 0. The molecule has 0 aromatic carbocycles. The van der Waals surface area contributed by atoms with Gasteiger partial charge in [-0.15, -0.1) is 0 Å². The summed E-state index contributed by atoms with van der Waals surface area (Å²) in [5.41, 5.74) is 0. The minimum atomic E-state index is -0.789. The summed E-state index contributed by atoms with van der Waals surface area (Å²) >= 11 is 0. The third-order valence-electron chi connectivity index (χ3n) is 14.2. The molecule has 0 rings (SSSR count). The first-order valence-corrected chi connectivity index (χ1v) is 32.6. The monoisotopic (exact) mass is 1060 g/mol. The second-order valence-corrected chi connectivity index (χ2v) is 21.7. The van der Waals surface area contributed by atoms with Gasteiger partial charge in [-0.25, -0.2) is 0 Å². The number of hydrogen-bond donors (Lipinski definition) is 0. The van der Waals surface area contributed by atoms with Gasteiger partial charge in [0.1, 0.15) is 13.2 Å². The van der Waals surface area contributed by atoms with Gasteiger partial charge in [0.2, 0.25) is 0 Å². The van der Waals surface area contributed by atoms with E-state index in [-0.39, 0.29) is 31.1 Å². The molecule has 6 nitrogen and oxygen atoms in total. The fourth-order valence-corrected chi connectivity index (χ4v) is 9.31. The van der Waals surface area contributed by atoms with E-state index < -0.39 is 6.10 Å². The first kappa shape index (κ1) is 72.6. The summed E-state index contributed by atoms with van der Waals surface area (Å²) in [6, 6.07) is 0. The van der Waals surface area contributed by atoms with Gasteiger partial charge in [-0.1, -0.05) is 311 Å². The molecule has 76 heavy (non-hydrogen) atoms. The van der Waals surface area contributed by atoms with Crippen LogP contribution in [0.5, 0.6) is 0 Å². The Morgan fingerprint density at radius 1 is 0.276 bits per heavy atom. The predicted octanol–water partition coefficient (Wildman–Crippen LogP) is 22.3. The largest absolute Gasteiger partial charge is 0.462 e. The van der Waals surface area contributed by atoms with Gasteiger partial charge >= 0.3 is 17.9 Å². The number of esters is 3. The predicted molar refractivity (Wildman–Crippen MR) is 330 cm³/mol. The molecule has 0 radical (unpaired) electrons. The van der Waals surface area contributed by atoms with Crippen molar-refractivity contribution in [1.29, 1.82) is 0 Å². The van der Waals surface area contributed by atoms with Crippen molar-refractivity contribution < 1.29 is 28.6 Å². The Bertz CT molecular complexity index is 1450. The molecule has 0 saturated heterocycles. The van der Waals surface area contributed by atoms with Crippen LogP contribution >= 0.6 is 0 Å². The van der Waals surface area contributed by atoms with Crippen LogP contribution in [0.4, 0.5) is 0 Å². The summed E-state index contributed by atoms with van der Waals surface area (Å²) in [5.74, 6) is -0.899. The molecular formula is C70H122O6. The van der Waals surface area contributed by atoms with Crippen molar-refractivity contribution >= 4 is 17.9 Å². The number of carbonyl (C=O) groups is 3. The molecule has 438 valence electrons. The number of hydrogen-bond acceptors (Lipinski definition) is 6. The standard InChI is InChI=1S/C70H122O6/c1-4-7-10-13-16-19-22-25-28-31-32-33-34-35-36-37-38-40-42-45-48-51-54-57-60-63-69(72)75-66-67(65-74-68(71)62-59-56-53-50-47-44-41-30-27-24-21-18-15-12-9-6-3)76-70(73)64-61-58-55-52-49-46-43-39-29-26-23-20-17-14-11-8-5-2/h7,10,16,19,25,28,32-33,35-36,38,40,45,48,67H,4-6,8-9,11-15,17-18,20-24,26-27,29-31,34,37,39,41-44,46-47,49-66H2,1-3H3/b10-7-,19-16-,28-25-,33-32-,36-35-,40-38-,48-45-. The molecule has 0 aromatic rings. The minimum Gasteiger partial charge on any atom is -0.462 e. The number of rotatable bonds is 59. The van der Waals surface area contributed by atoms with Gasteiger partial charge in [0.25, 0.3) is 0 Å². The maximum Gasteiger partial charge on any atom is 0.306 e. The fraction of sp³-hybridized carbons (Fsp3) is 0.757. The van der Waals surface area contributed by atoms with Crippen molar-refractivity contribution in [1.82, 2.24) is 0 Å². The first-order valence-electron chi connectivity index (χ1n) is 32.6. The van der Waals surface area contributed by atoms with Crippen molar-refractivity contribution in [3.63, 3.8) is 0 Å². The summed E-state index contributed by atoms with van der Waals surface area (Å²) in [6.45, 7) is 6.55.